The second kappa shape index (κ2) is 12.0. The molecule has 0 aliphatic carbocycles. The van der Waals surface area contributed by atoms with E-state index in [1.807, 2.05) is 6.07 Å². The zero-order chi connectivity index (χ0) is 24.6. The molecule has 2 aromatic carbocycles. The number of sulfone groups is 1. The first-order chi connectivity index (χ1) is 16.3. The van der Waals surface area contributed by atoms with Crippen molar-refractivity contribution in [2.75, 3.05) is 13.1 Å². The normalized spacial score (nSPS) is 15.7. The Hall–Kier alpha value is -2.88. The average Bonchev–Trinajstić information content (AvgIpc) is 3.34. The fourth-order valence-electron chi connectivity index (χ4n) is 3.86. The smallest absolute Gasteiger partial charge is 0.290 e. The van der Waals surface area contributed by atoms with Gasteiger partial charge in [-0.2, -0.15) is 0 Å². The van der Waals surface area contributed by atoms with E-state index in [-0.39, 0.29) is 23.2 Å². The molecule has 1 saturated heterocycles. The van der Waals surface area contributed by atoms with Crippen LogP contribution < -0.4 is 4.74 Å². The summed E-state index contributed by atoms with van der Waals surface area (Å²) in [6.07, 6.45) is 3.18. The molecule has 1 aliphatic heterocycles. The lowest BCUT2D eigenvalue weighted by atomic mass is 10.0. The molecule has 0 radical (unpaired) electrons. The molecule has 1 atom stereocenters. The summed E-state index contributed by atoms with van der Waals surface area (Å²) in [4.78, 5) is 11.0. The minimum atomic E-state index is -3.57. The number of halogens is 1. The van der Waals surface area contributed by atoms with Gasteiger partial charge in [-0.15, -0.1) is 0 Å². The minimum absolute atomic E-state index is 0.0503. The molecule has 4 rings (SSSR count). The van der Waals surface area contributed by atoms with Gasteiger partial charge in [0, 0.05) is 25.2 Å². The zero-order valence-electron chi connectivity index (χ0n) is 18.7. The van der Waals surface area contributed by atoms with E-state index in [1.165, 1.54) is 30.0 Å². The van der Waals surface area contributed by atoms with E-state index < -0.39 is 9.84 Å². The SMILES string of the molecule is C[C@H](c1ccccc1)N1CCC(Oc2ccc(S(=O)(=O)Cc3ccon3)cc2Cl)CC1.O=CO. The van der Waals surface area contributed by atoms with E-state index in [2.05, 4.69) is 41.2 Å². The van der Waals surface area contributed by atoms with Crippen LogP contribution in [-0.4, -0.2) is 49.2 Å². The molecule has 0 spiro atoms. The fourth-order valence-corrected chi connectivity index (χ4v) is 5.43. The molecule has 1 aliphatic rings. The first-order valence-corrected chi connectivity index (χ1v) is 12.8. The standard InChI is InChI=1S/C23H25ClN2O4S.CH2O2/c1-17(18-5-3-2-4-6-18)26-12-9-20(10-13-26)30-23-8-7-21(15-22(23)24)31(27,28)16-19-11-14-29-25-19;2-1-3/h2-8,11,14-15,17,20H,9-10,12-13,16H2,1H3;1H,(H,2,3)/t17-;/m1./s1. The van der Waals surface area contributed by atoms with Gasteiger partial charge in [-0.3, -0.25) is 9.69 Å². The van der Waals surface area contributed by atoms with Crippen molar-refractivity contribution in [2.24, 2.45) is 0 Å². The van der Waals surface area contributed by atoms with Crippen LogP contribution in [-0.2, 0) is 20.4 Å². The molecule has 2 heterocycles. The highest BCUT2D eigenvalue weighted by Crippen LogP contribution is 2.32. The molecule has 0 bridgehead atoms. The van der Waals surface area contributed by atoms with Crippen LogP contribution in [0, 0.1) is 0 Å². The summed E-state index contributed by atoms with van der Waals surface area (Å²) >= 11 is 6.36. The van der Waals surface area contributed by atoms with E-state index in [0.717, 1.165) is 25.9 Å². The fraction of sp³-hybridized carbons (Fsp3) is 0.333. The quantitative estimate of drug-likeness (QED) is 0.463. The Bertz CT molecular complexity index is 1150. The van der Waals surface area contributed by atoms with Gasteiger partial charge in [0.2, 0.25) is 0 Å². The van der Waals surface area contributed by atoms with Gasteiger partial charge in [0.05, 0.1) is 15.6 Å². The molecule has 1 N–H and O–H groups in total. The molecule has 1 fully saturated rings. The Labute approximate surface area is 204 Å². The molecular weight excluding hydrogens is 480 g/mol. The first-order valence-electron chi connectivity index (χ1n) is 10.8. The summed E-state index contributed by atoms with van der Waals surface area (Å²) in [5.74, 6) is 0.273. The number of likely N-dealkylation sites (tertiary alicyclic amines) is 1. The van der Waals surface area contributed by atoms with Crippen LogP contribution in [0.1, 0.15) is 37.1 Å². The molecule has 0 unspecified atom stereocenters. The molecule has 1 aromatic heterocycles. The second-order valence-electron chi connectivity index (χ2n) is 7.89. The van der Waals surface area contributed by atoms with Gasteiger partial charge in [-0.1, -0.05) is 47.1 Å². The van der Waals surface area contributed by atoms with Crippen LogP contribution in [0.5, 0.6) is 5.75 Å². The minimum Gasteiger partial charge on any atom is -0.489 e. The predicted molar refractivity (Wildman–Crippen MR) is 128 cm³/mol. The highest BCUT2D eigenvalue weighted by molar-refractivity contribution is 7.90. The van der Waals surface area contributed by atoms with E-state index in [9.17, 15) is 8.42 Å². The van der Waals surface area contributed by atoms with Crippen molar-refractivity contribution in [3.63, 3.8) is 0 Å². The Balaban J connectivity index is 0.00000103. The molecule has 10 heteroatoms. The third kappa shape index (κ3) is 6.82. The lowest BCUT2D eigenvalue weighted by Gasteiger charge is -2.36. The highest BCUT2D eigenvalue weighted by Gasteiger charge is 2.25. The largest absolute Gasteiger partial charge is 0.489 e. The molecule has 34 heavy (non-hydrogen) atoms. The molecule has 0 amide bonds. The van der Waals surface area contributed by atoms with Crippen molar-refractivity contribution in [2.45, 2.75) is 42.6 Å². The summed E-state index contributed by atoms with van der Waals surface area (Å²) in [6.45, 7) is 3.84. The maximum atomic E-state index is 12.6. The lowest BCUT2D eigenvalue weighted by molar-refractivity contribution is -0.122. The summed E-state index contributed by atoms with van der Waals surface area (Å²) < 4.78 is 36.0. The summed E-state index contributed by atoms with van der Waals surface area (Å²) in [5.41, 5.74) is 1.67. The summed E-state index contributed by atoms with van der Waals surface area (Å²) in [6, 6.07) is 17.0. The van der Waals surface area contributed by atoms with Crippen molar-refractivity contribution in [1.82, 2.24) is 10.1 Å². The van der Waals surface area contributed by atoms with Crippen molar-refractivity contribution >= 4 is 27.9 Å². The number of aromatic nitrogens is 1. The number of piperidine rings is 1. The number of hydrogen-bond acceptors (Lipinski definition) is 7. The number of carboxylic acid groups (broad SMARTS) is 1. The summed E-state index contributed by atoms with van der Waals surface area (Å²) in [7, 11) is -3.57. The number of benzene rings is 2. The third-order valence-corrected chi connectivity index (χ3v) is 7.63. The molecular formula is C24H27ClN2O6S. The van der Waals surface area contributed by atoms with Gasteiger partial charge in [-0.05, 0) is 43.5 Å². The third-order valence-electron chi connectivity index (χ3n) is 5.69. The Morgan fingerprint density at radius 3 is 2.47 bits per heavy atom. The Kier molecular flexibility index (Phi) is 9.09. The van der Waals surface area contributed by atoms with Gasteiger partial charge in [0.25, 0.3) is 6.47 Å². The van der Waals surface area contributed by atoms with Crippen LogP contribution >= 0.6 is 11.6 Å². The van der Waals surface area contributed by atoms with E-state index in [4.69, 9.17) is 30.8 Å². The first kappa shape index (κ1) is 25.7. The Morgan fingerprint density at radius 2 is 1.88 bits per heavy atom. The van der Waals surface area contributed by atoms with Crippen LogP contribution in [0.3, 0.4) is 0 Å². The van der Waals surface area contributed by atoms with Crippen LogP contribution in [0.15, 0.2) is 70.3 Å². The number of ether oxygens (including phenoxy) is 1. The van der Waals surface area contributed by atoms with Gasteiger partial charge in [-0.25, -0.2) is 8.42 Å². The average molecular weight is 507 g/mol. The van der Waals surface area contributed by atoms with Gasteiger partial charge in [0.1, 0.15) is 23.9 Å². The number of hydrogen-bond donors (Lipinski definition) is 1. The monoisotopic (exact) mass is 506 g/mol. The topological polar surface area (TPSA) is 110 Å². The maximum Gasteiger partial charge on any atom is 0.290 e. The van der Waals surface area contributed by atoms with E-state index in [1.54, 1.807) is 6.07 Å². The van der Waals surface area contributed by atoms with Crippen molar-refractivity contribution in [3.8, 4) is 5.75 Å². The molecule has 8 nitrogen and oxygen atoms in total. The van der Waals surface area contributed by atoms with Gasteiger partial charge >= 0.3 is 0 Å². The summed E-state index contributed by atoms with van der Waals surface area (Å²) in [5, 5.41) is 10.8. The Morgan fingerprint density at radius 1 is 1.21 bits per heavy atom. The highest BCUT2D eigenvalue weighted by atomic mass is 35.5. The zero-order valence-corrected chi connectivity index (χ0v) is 20.3. The lowest BCUT2D eigenvalue weighted by Crippen LogP contribution is -2.39. The molecule has 182 valence electrons. The van der Waals surface area contributed by atoms with Crippen LogP contribution in [0.4, 0.5) is 0 Å². The number of rotatable bonds is 7. The predicted octanol–water partition coefficient (Wildman–Crippen LogP) is 4.61. The maximum absolute atomic E-state index is 12.6. The molecule has 3 aromatic rings. The second-order valence-corrected chi connectivity index (χ2v) is 10.3. The van der Waals surface area contributed by atoms with E-state index >= 15 is 0 Å². The van der Waals surface area contributed by atoms with Crippen LogP contribution in [0.25, 0.3) is 0 Å². The van der Waals surface area contributed by atoms with E-state index in [0.29, 0.717) is 22.5 Å². The van der Waals surface area contributed by atoms with Crippen molar-refractivity contribution < 1.29 is 27.6 Å². The molecule has 0 saturated carbocycles. The van der Waals surface area contributed by atoms with Gasteiger partial charge < -0.3 is 14.4 Å². The number of nitrogens with zero attached hydrogens (tertiary/aromatic N) is 2. The van der Waals surface area contributed by atoms with Gasteiger partial charge in [0.15, 0.2) is 9.84 Å². The van der Waals surface area contributed by atoms with Crippen molar-refractivity contribution in [3.05, 3.63) is 77.1 Å². The number of carbonyl (C=O) groups is 1. The van der Waals surface area contributed by atoms with Crippen molar-refractivity contribution in [1.29, 1.82) is 0 Å². The van der Waals surface area contributed by atoms with Crippen LogP contribution in [0.2, 0.25) is 5.02 Å².